The Morgan fingerprint density at radius 1 is 1.25 bits per heavy atom. The summed E-state index contributed by atoms with van der Waals surface area (Å²) in [6.07, 6.45) is 1.64. The van der Waals surface area contributed by atoms with Crippen molar-refractivity contribution in [3.63, 3.8) is 0 Å². The van der Waals surface area contributed by atoms with Crippen LogP contribution in [0.25, 0.3) is 0 Å². The normalized spacial score (nSPS) is 14.1. The molecule has 1 rings (SSSR count). The maximum atomic E-state index is 9.94. The Kier molecular flexibility index (Phi) is 8.04. The number of ether oxygens (including phenoxy) is 1. The highest BCUT2D eigenvalue weighted by Crippen LogP contribution is 2.22. The standard InChI is InChI=1S/C16H27NO2S/c1-12(11-20-4)8-17-9-15(18)10-19-16-13(2)6-5-7-14(16)3/h5-7,12,15,17-18H,8-11H2,1-4H3. The van der Waals surface area contributed by atoms with Crippen molar-refractivity contribution < 1.29 is 9.84 Å². The summed E-state index contributed by atoms with van der Waals surface area (Å²) >= 11 is 1.85. The molecule has 0 aliphatic heterocycles. The number of nitrogens with one attached hydrogen (secondary N) is 1. The number of hydrogen-bond acceptors (Lipinski definition) is 4. The molecule has 0 aromatic heterocycles. The maximum absolute atomic E-state index is 9.94. The van der Waals surface area contributed by atoms with E-state index in [4.69, 9.17) is 4.74 Å². The minimum atomic E-state index is -0.476. The van der Waals surface area contributed by atoms with E-state index in [1.165, 1.54) is 0 Å². The van der Waals surface area contributed by atoms with Crippen molar-refractivity contribution in [1.82, 2.24) is 5.32 Å². The van der Waals surface area contributed by atoms with Gasteiger partial charge in [-0.15, -0.1) is 0 Å². The number of para-hydroxylation sites is 1. The van der Waals surface area contributed by atoms with E-state index in [0.717, 1.165) is 29.2 Å². The first-order chi connectivity index (χ1) is 9.54. The second kappa shape index (κ2) is 9.27. The van der Waals surface area contributed by atoms with Gasteiger partial charge in [0.15, 0.2) is 0 Å². The second-order valence-corrected chi connectivity index (χ2v) is 6.32. The molecule has 0 bridgehead atoms. The molecule has 2 unspecified atom stereocenters. The van der Waals surface area contributed by atoms with Crippen LogP contribution < -0.4 is 10.1 Å². The first-order valence-electron chi connectivity index (χ1n) is 7.11. The molecule has 0 radical (unpaired) electrons. The molecule has 3 nitrogen and oxygen atoms in total. The summed E-state index contributed by atoms with van der Waals surface area (Å²) in [5.41, 5.74) is 2.22. The minimum absolute atomic E-state index is 0.329. The van der Waals surface area contributed by atoms with E-state index in [-0.39, 0.29) is 0 Å². The zero-order valence-corrected chi connectivity index (χ0v) is 13.8. The van der Waals surface area contributed by atoms with Crippen LogP contribution in [0.2, 0.25) is 0 Å². The van der Waals surface area contributed by atoms with Gasteiger partial charge in [-0.1, -0.05) is 25.1 Å². The van der Waals surface area contributed by atoms with Crippen LogP contribution in [0.1, 0.15) is 18.1 Å². The van der Waals surface area contributed by atoms with Gasteiger partial charge in [-0.3, -0.25) is 0 Å². The number of benzene rings is 1. The number of thioether (sulfide) groups is 1. The fourth-order valence-electron chi connectivity index (χ4n) is 2.11. The van der Waals surface area contributed by atoms with Gasteiger partial charge in [0, 0.05) is 6.54 Å². The molecule has 0 heterocycles. The SMILES string of the molecule is CSCC(C)CNCC(O)COc1c(C)cccc1C. The molecule has 20 heavy (non-hydrogen) atoms. The van der Waals surface area contributed by atoms with Crippen molar-refractivity contribution in [1.29, 1.82) is 0 Å². The molecule has 0 spiro atoms. The number of rotatable bonds is 9. The van der Waals surface area contributed by atoms with Crippen molar-refractivity contribution in [3.05, 3.63) is 29.3 Å². The summed E-state index contributed by atoms with van der Waals surface area (Å²) in [4.78, 5) is 0. The molecule has 0 aliphatic carbocycles. The topological polar surface area (TPSA) is 41.5 Å². The smallest absolute Gasteiger partial charge is 0.125 e. The van der Waals surface area contributed by atoms with Crippen LogP contribution in [0.4, 0.5) is 0 Å². The van der Waals surface area contributed by atoms with Crippen molar-refractivity contribution in [2.75, 3.05) is 31.7 Å². The molecule has 114 valence electrons. The highest BCUT2D eigenvalue weighted by molar-refractivity contribution is 7.98. The second-order valence-electron chi connectivity index (χ2n) is 5.40. The lowest BCUT2D eigenvalue weighted by molar-refractivity contribution is 0.105. The van der Waals surface area contributed by atoms with Gasteiger partial charge in [-0.25, -0.2) is 0 Å². The van der Waals surface area contributed by atoms with Crippen LogP contribution in [0, 0.1) is 19.8 Å². The monoisotopic (exact) mass is 297 g/mol. The Balaban J connectivity index is 2.28. The summed E-state index contributed by atoms with van der Waals surface area (Å²) in [6.45, 7) is 8.09. The van der Waals surface area contributed by atoms with Crippen LogP contribution in [0.3, 0.4) is 0 Å². The van der Waals surface area contributed by atoms with Gasteiger partial charge in [0.05, 0.1) is 0 Å². The molecule has 0 aliphatic rings. The van der Waals surface area contributed by atoms with Crippen molar-refractivity contribution >= 4 is 11.8 Å². The lowest BCUT2D eigenvalue weighted by Gasteiger charge is -2.17. The molecule has 2 atom stereocenters. The molecular formula is C16H27NO2S. The lowest BCUT2D eigenvalue weighted by atomic mass is 10.1. The number of aliphatic hydroxyl groups excluding tert-OH is 1. The highest BCUT2D eigenvalue weighted by atomic mass is 32.2. The number of aliphatic hydroxyl groups is 1. The van der Waals surface area contributed by atoms with Crippen LogP contribution in [0.5, 0.6) is 5.75 Å². The molecule has 2 N–H and O–H groups in total. The Morgan fingerprint density at radius 3 is 2.50 bits per heavy atom. The van der Waals surface area contributed by atoms with Crippen LogP contribution in [-0.2, 0) is 0 Å². The molecular weight excluding hydrogens is 270 g/mol. The van der Waals surface area contributed by atoms with E-state index >= 15 is 0 Å². The summed E-state index contributed by atoms with van der Waals surface area (Å²) in [5, 5.41) is 13.2. The third-order valence-electron chi connectivity index (χ3n) is 3.15. The molecule has 4 heteroatoms. The average molecular weight is 297 g/mol. The quantitative estimate of drug-likeness (QED) is 0.735. The molecule has 0 amide bonds. The van der Waals surface area contributed by atoms with Crippen LogP contribution >= 0.6 is 11.8 Å². The molecule has 0 saturated heterocycles. The predicted molar refractivity (Wildman–Crippen MR) is 87.8 cm³/mol. The summed E-state index contributed by atoms with van der Waals surface area (Å²) in [7, 11) is 0. The van der Waals surface area contributed by atoms with Crippen LogP contribution in [-0.4, -0.2) is 42.9 Å². The Hall–Kier alpha value is -0.710. The molecule has 1 aromatic rings. The van der Waals surface area contributed by atoms with Gasteiger partial charge in [-0.2, -0.15) is 11.8 Å². The summed E-state index contributed by atoms with van der Waals surface area (Å²) in [6, 6.07) is 6.07. The highest BCUT2D eigenvalue weighted by Gasteiger charge is 2.09. The molecule has 0 saturated carbocycles. The zero-order chi connectivity index (χ0) is 15.0. The summed E-state index contributed by atoms with van der Waals surface area (Å²) in [5.74, 6) is 2.65. The fourth-order valence-corrected chi connectivity index (χ4v) is 2.79. The largest absolute Gasteiger partial charge is 0.490 e. The zero-order valence-electron chi connectivity index (χ0n) is 13.0. The van der Waals surface area contributed by atoms with Gasteiger partial charge in [-0.05, 0) is 49.4 Å². The van der Waals surface area contributed by atoms with Gasteiger partial charge < -0.3 is 15.2 Å². The predicted octanol–water partition coefficient (Wildman–Crippen LogP) is 2.63. The fraction of sp³-hybridized carbons (Fsp3) is 0.625. The number of aryl methyl sites for hydroxylation is 2. The van der Waals surface area contributed by atoms with Gasteiger partial charge in [0.2, 0.25) is 0 Å². The third kappa shape index (κ3) is 6.16. The van der Waals surface area contributed by atoms with E-state index in [1.54, 1.807) is 0 Å². The van der Waals surface area contributed by atoms with E-state index in [2.05, 4.69) is 18.5 Å². The number of hydrogen-bond donors (Lipinski definition) is 2. The van der Waals surface area contributed by atoms with Gasteiger partial charge >= 0.3 is 0 Å². The van der Waals surface area contributed by atoms with Gasteiger partial charge in [0.25, 0.3) is 0 Å². The van der Waals surface area contributed by atoms with Crippen LogP contribution in [0.15, 0.2) is 18.2 Å². The Labute approximate surface area is 127 Å². The Morgan fingerprint density at radius 2 is 1.90 bits per heavy atom. The van der Waals surface area contributed by atoms with Crippen molar-refractivity contribution in [3.8, 4) is 5.75 Å². The van der Waals surface area contributed by atoms with E-state index in [1.807, 2.05) is 43.8 Å². The van der Waals surface area contributed by atoms with E-state index in [0.29, 0.717) is 19.1 Å². The minimum Gasteiger partial charge on any atom is -0.490 e. The molecule has 1 aromatic carbocycles. The lowest BCUT2D eigenvalue weighted by Crippen LogP contribution is -2.34. The van der Waals surface area contributed by atoms with E-state index in [9.17, 15) is 5.11 Å². The first-order valence-corrected chi connectivity index (χ1v) is 8.50. The molecule has 0 fully saturated rings. The Bertz CT molecular complexity index is 378. The third-order valence-corrected chi connectivity index (χ3v) is 4.06. The van der Waals surface area contributed by atoms with Crippen molar-refractivity contribution in [2.45, 2.75) is 26.9 Å². The maximum Gasteiger partial charge on any atom is 0.125 e. The van der Waals surface area contributed by atoms with Gasteiger partial charge in [0.1, 0.15) is 18.5 Å². The first kappa shape index (κ1) is 17.3. The van der Waals surface area contributed by atoms with Crippen molar-refractivity contribution in [2.24, 2.45) is 5.92 Å². The van der Waals surface area contributed by atoms with E-state index < -0.39 is 6.10 Å². The average Bonchev–Trinajstić information content (AvgIpc) is 2.38. The summed E-state index contributed by atoms with van der Waals surface area (Å²) < 4.78 is 5.74.